The number of para-hydroxylation sites is 2. The van der Waals surface area contributed by atoms with Crippen LogP contribution in [0.2, 0.25) is 0 Å². The minimum atomic E-state index is -0.660. The normalized spacial score (nSPS) is 11.2. The maximum absolute atomic E-state index is 13.8. The quantitative estimate of drug-likeness (QED) is 0.0113. The van der Waals surface area contributed by atoms with Gasteiger partial charge in [0, 0.05) is 23.6 Å². The number of hydrogen-bond donors (Lipinski definition) is 2. The molecule has 0 bridgehead atoms. The Balaban J connectivity index is 1.07. The molecule has 370 valence electrons. The lowest BCUT2D eigenvalue weighted by atomic mass is 10.1. The van der Waals surface area contributed by atoms with E-state index in [1.807, 2.05) is 48.5 Å². The molecule has 2 N–H and O–H groups in total. The van der Waals surface area contributed by atoms with Gasteiger partial charge in [-0.2, -0.15) is 10.2 Å². The van der Waals surface area contributed by atoms with E-state index in [1.54, 1.807) is 60.7 Å². The number of anilines is 2. The largest absolute Gasteiger partial charge is 0.494 e. The molecule has 0 fully saturated rings. The van der Waals surface area contributed by atoms with Crippen LogP contribution in [0, 0.1) is 0 Å². The summed E-state index contributed by atoms with van der Waals surface area (Å²) in [6.45, 7) is 8.26. The predicted molar refractivity (Wildman–Crippen MR) is 284 cm³/mol. The maximum atomic E-state index is 13.8. The van der Waals surface area contributed by atoms with Gasteiger partial charge in [0.2, 0.25) is 10.3 Å². The van der Waals surface area contributed by atoms with Gasteiger partial charge in [-0.3, -0.25) is 15.6 Å². The van der Waals surface area contributed by atoms with Crippen LogP contribution >= 0.6 is 22.7 Å². The van der Waals surface area contributed by atoms with Crippen LogP contribution in [0.4, 0.5) is 10.3 Å². The summed E-state index contributed by atoms with van der Waals surface area (Å²) in [4.78, 5) is 59.5. The number of ether oxygens (including phenoxy) is 5. The average Bonchev–Trinajstić information content (AvgIpc) is 4.02. The van der Waals surface area contributed by atoms with Gasteiger partial charge >= 0.3 is 17.9 Å². The number of thiazole rings is 2. The molecule has 15 nitrogen and oxygen atoms in total. The number of unbranched alkanes of at least 4 members (excludes halogenated alkanes) is 7. The molecule has 0 saturated heterocycles. The number of hydrazone groups is 2. The molecule has 0 amide bonds. The van der Waals surface area contributed by atoms with E-state index in [9.17, 15) is 19.2 Å². The number of aromatic nitrogens is 2. The number of benzene rings is 5. The first-order chi connectivity index (χ1) is 35.2. The van der Waals surface area contributed by atoms with Gasteiger partial charge in [0.15, 0.2) is 5.78 Å². The maximum Gasteiger partial charge on any atom is 0.343 e. The molecule has 0 saturated carbocycles. The van der Waals surface area contributed by atoms with Crippen molar-refractivity contribution < 1.29 is 42.9 Å². The first kappa shape index (κ1) is 51.8. The zero-order valence-electron chi connectivity index (χ0n) is 39.6. The first-order valence-corrected chi connectivity index (χ1v) is 25.2. The first-order valence-electron chi connectivity index (χ1n) is 23.6. The lowest BCUT2D eigenvalue weighted by molar-refractivity contribution is -0.137. The van der Waals surface area contributed by atoms with Crippen molar-refractivity contribution in [3.8, 4) is 23.0 Å². The fourth-order valence-corrected chi connectivity index (χ4v) is 8.65. The summed E-state index contributed by atoms with van der Waals surface area (Å²) < 4.78 is 30.9. The molecule has 0 aliphatic rings. The lowest BCUT2D eigenvalue weighted by Crippen LogP contribution is -2.13. The molecule has 0 atom stereocenters. The smallest absolute Gasteiger partial charge is 0.343 e. The Morgan fingerprint density at radius 2 is 0.986 bits per heavy atom. The van der Waals surface area contributed by atoms with E-state index in [0.717, 1.165) is 84.3 Å². The number of fused-ring (bicyclic) bond motifs is 2. The van der Waals surface area contributed by atoms with Crippen molar-refractivity contribution in [1.29, 1.82) is 0 Å². The summed E-state index contributed by atoms with van der Waals surface area (Å²) in [5.41, 5.74) is 8.68. The standard InChI is InChI=1S/C55H54N6O9S2/c1-3-42(62)18-10-6-5-7-15-31-66-43-27-23-38(24-28-43)52(64)69-47-34-41(37-57-61-55-59-46-20-12-14-22-50(46)72-55)48(35-40(47)36-56-60-54-58-45-19-11-13-21-49(45)71-54)70-53(65)39-25-29-44(30-26-39)67-32-16-8-9-17-33-68-51(63)4-2/h3-4,11-14,19-30,34-37H,1-2,5-10,15-18,31-33H2,(H,58,60)(H,59,61)/b56-36+,57-37+. The molecule has 7 aromatic rings. The van der Waals surface area contributed by atoms with Gasteiger partial charge in [0.25, 0.3) is 0 Å². The number of nitrogens with zero attached hydrogens (tertiary/aromatic N) is 4. The fraction of sp³-hybridized carbons (Fsp3) is 0.236. The monoisotopic (exact) mass is 1010 g/mol. The Labute approximate surface area is 425 Å². The Bertz CT molecular complexity index is 2750. The van der Waals surface area contributed by atoms with Crippen LogP contribution in [0.1, 0.15) is 96.1 Å². The van der Waals surface area contributed by atoms with Crippen molar-refractivity contribution >= 4 is 89.5 Å². The summed E-state index contributed by atoms with van der Waals surface area (Å²) in [6, 6.07) is 31.8. The van der Waals surface area contributed by atoms with Crippen molar-refractivity contribution in [3.63, 3.8) is 0 Å². The second-order valence-corrected chi connectivity index (χ2v) is 18.2. The van der Waals surface area contributed by atoms with E-state index in [1.165, 1.54) is 41.2 Å². The second-order valence-electron chi connectivity index (χ2n) is 16.1. The van der Waals surface area contributed by atoms with E-state index >= 15 is 0 Å². The summed E-state index contributed by atoms with van der Waals surface area (Å²) in [5, 5.41) is 9.97. The van der Waals surface area contributed by atoms with Gasteiger partial charge in [0.05, 0.1) is 63.8 Å². The minimum Gasteiger partial charge on any atom is -0.494 e. The predicted octanol–water partition coefficient (Wildman–Crippen LogP) is 12.4. The van der Waals surface area contributed by atoms with E-state index in [0.29, 0.717) is 59.1 Å². The summed E-state index contributed by atoms with van der Waals surface area (Å²) in [5.74, 6) is -0.271. The highest BCUT2D eigenvalue weighted by molar-refractivity contribution is 7.22. The van der Waals surface area contributed by atoms with Crippen molar-refractivity contribution in [1.82, 2.24) is 9.97 Å². The van der Waals surface area contributed by atoms with Gasteiger partial charge in [-0.05, 0) is 130 Å². The highest BCUT2D eigenvalue weighted by atomic mass is 32.1. The minimum absolute atomic E-state index is 0.0729. The third kappa shape index (κ3) is 16.0. The average molecular weight is 1010 g/mol. The summed E-state index contributed by atoms with van der Waals surface area (Å²) in [6.07, 6.45) is 14.0. The van der Waals surface area contributed by atoms with Gasteiger partial charge in [-0.1, -0.05) is 79.4 Å². The number of carbonyl (C=O) groups excluding carboxylic acids is 4. The zero-order chi connectivity index (χ0) is 50.3. The number of nitrogens with one attached hydrogen (secondary N) is 2. The third-order valence-corrected chi connectivity index (χ3v) is 12.7. The van der Waals surface area contributed by atoms with E-state index in [2.05, 4.69) is 44.2 Å². The highest BCUT2D eigenvalue weighted by Crippen LogP contribution is 2.31. The van der Waals surface area contributed by atoms with E-state index in [4.69, 9.17) is 23.7 Å². The summed E-state index contributed by atoms with van der Waals surface area (Å²) >= 11 is 2.84. The molecule has 0 unspecified atom stereocenters. The topological polar surface area (TPSA) is 189 Å². The van der Waals surface area contributed by atoms with Gasteiger partial charge in [-0.25, -0.2) is 24.4 Å². The van der Waals surface area contributed by atoms with Crippen LogP contribution in [-0.4, -0.2) is 65.9 Å². The SMILES string of the molecule is C=CC(=O)CCCCCCCOc1ccc(C(=O)Oc2cc(/C=N/Nc3nc4ccccc4s3)c(OC(=O)c3ccc(OCCCCCCOC(=O)C=C)cc3)cc2/C=N/Nc2nc3ccccc3s2)cc1. The molecular weight excluding hydrogens is 953 g/mol. The molecule has 0 aliphatic carbocycles. The Kier molecular flexibility index (Phi) is 19.7. The second kappa shape index (κ2) is 27.4. The van der Waals surface area contributed by atoms with E-state index in [-0.39, 0.29) is 28.4 Å². The third-order valence-electron chi connectivity index (χ3n) is 10.8. The van der Waals surface area contributed by atoms with E-state index < -0.39 is 17.9 Å². The summed E-state index contributed by atoms with van der Waals surface area (Å²) in [7, 11) is 0. The molecule has 0 spiro atoms. The van der Waals surface area contributed by atoms with Crippen molar-refractivity contribution in [3.05, 3.63) is 157 Å². The lowest BCUT2D eigenvalue weighted by Gasteiger charge is -2.14. The van der Waals surface area contributed by atoms with Crippen LogP contribution in [-0.2, 0) is 14.3 Å². The Morgan fingerprint density at radius 3 is 1.44 bits per heavy atom. The number of esters is 3. The molecule has 17 heteroatoms. The number of rotatable bonds is 29. The Hall–Kier alpha value is -8.02. The molecule has 0 aliphatic heterocycles. The van der Waals surface area contributed by atoms with Crippen LogP contribution < -0.4 is 29.8 Å². The molecule has 2 aromatic heterocycles. The van der Waals surface area contributed by atoms with Gasteiger partial charge in [-0.15, -0.1) is 0 Å². The number of allylic oxidation sites excluding steroid dienone is 1. The molecule has 5 aromatic carbocycles. The Morgan fingerprint density at radius 1 is 0.542 bits per heavy atom. The molecular formula is C55H54N6O9S2. The molecule has 0 radical (unpaired) electrons. The van der Waals surface area contributed by atoms with Crippen LogP contribution in [0.15, 0.2) is 145 Å². The zero-order valence-corrected chi connectivity index (χ0v) is 41.2. The number of carbonyl (C=O) groups is 4. The van der Waals surface area contributed by atoms with Gasteiger partial charge < -0.3 is 23.7 Å². The van der Waals surface area contributed by atoms with Crippen molar-refractivity contribution in [2.45, 2.75) is 64.2 Å². The number of ketones is 1. The number of hydrogen-bond acceptors (Lipinski definition) is 17. The van der Waals surface area contributed by atoms with Gasteiger partial charge in [0.1, 0.15) is 23.0 Å². The van der Waals surface area contributed by atoms with Crippen molar-refractivity contribution in [2.24, 2.45) is 10.2 Å². The van der Waals surface area contributed by atoms with Crippen LogP contribution in [0.5, 0.6) is 23.0 Å². The van der Waals surface area contributed by atoms with Crippen LogP contribution in [0.3, 0.4) is 0 Å². The molecule has 7 rings (SSSR count). The van der Waals surface area contributed by atoms with Crippen molar-refractivity contribution in [2.75, 3.05) is 30.7 Å². The highest BCUT2D eigenvalue weighted by Gasteiger charge is 2.19. The van der Waals surface area contributed by atoms with Crippen LogP contribution in [0.25, 0.3) is 20.4 Å². The molecule has 72 heavy (non-hydrogen) atoms. The fourth-order valence-electron chi connectivity index (χ4n) is 7.02. The molecule has 2 heterocycles.